The first-order valence-electron chi connectivity index (χ1n) is 12.5. The number of piperazine rings is 1. The summed E-state index contributed by atoms with van der Waals surface area (Å²) < 4.78 is 20.5. The van der Waals surface area contributed by atoms with Gasteiger partial charge in [-0.1, -0.05) is 12.1 Å². The fourth-order valence-corrected chi connectivity index (χ4v) is 4.88. The molecule has 1 amide bonds. The molecule has 0 atom stereocenters. The summed E-state index contributed by atoms with van der Waals surface area (Å²) in [6, 6.07) is 16.0. The molecule has 0 N–H and O–H groups in total. The SMILES string of the molecule is COc1ccccc1-c1ccnc(-n2ncc(C(=O)N3CCN(c4ccc(F)cc4)CC3)c2C2CC2)n1. The maximum atomic E-state index is 13.6. The predicted octanol–water partition coefficient (Wildman–Crippen LogP) is 4.32. The largest absolute Gasteiger partial charge is 0.496 e. The molecule has 2 aliphatic rings. The maximum absolute atomic E-state index is 13.6. The number of carbonyl (C=O) groups excluding carboxylic acids is 1. The minimum Gasteiger partial charge on any atom is -0.496 e. The van der Waals surface area contributed by atoms with E-state index >= 15 is 0 Å². The second-order valence-electron chi connectivity index (χ2n) is 9.33. The highest BCUT2D eigenvalue weighted by Crippen LogP contribution is 2.42. The second-order valence-corrected chi connectivity index (χ2v) is 9.33. The van der Waals surface area contributed by atoms with Gasteiger partial charge in [-0.05, 0) is 55.3 Å². The van der Waals surface area contributed by atoms with Crippen LogP contribution < -0.4 is 9.64 Å². The normalized spacial score (nSPS) is 15.6. The summed E-state index contributed by atoms with van der Waals surface area (Å²) in [6.45, 7) is 2.55. The van der Waals surface area contributed by atoms with Gasteiger partial charge in [-0.15, -0.1) is 0 Å². The quantitative estimate of drug-likeness (QED) is 0.394. The van der Waals surface area contributed by atoms with Crippen molar-refractivity contribution in [3.63, 3.8) is 0 Å². The smallest absolute Gasteiger partial charge is 0.257 e. The van der Waals surface area contributed by atoms with Crippen LogP contribution in [0.3, 0.4) is 0 Å². The Bertz CT molecular complexity index is 1420. The summed E-state index contributed by atoms with van der Waals surface area (Å²) in [5, 5.41) is 4.58. The van der Waals surface area contributed by atoms with Crippen molar-refractivity contribution in [3.05, 3.63) is 84.1 Å². The summed E-state index contributed by atoms with van der Waals surface area (Å²) in [5.41, 5.74) is 4.05. The number of benzene rings is 2. The van der Waals surface area contributed by atoms with Crippen LogP contribution in [-0.2, 0) is 0 Å². The van der Waals surface area contributed by atoms with E-state index in [1.165, 1.54) is 12.1 Å². The highest BCUT2D eigenvalue weighted by Gasteiger charge is 2.35. The number of nitrogens with zero attached hydrogens (tertiary/aromatic N) is 6. The number of hydrogen-bond acceptors (Lipinski definition) is 6. The van der Waals surface area contributed by atoms with Gasteiger partial charge in [0.2, 0.25) is 0 Å². The molecule has 0 bridgehead atoms. The number of hydrogen-bond donors (Lipinski definition) is 0. The molecule has 6 rings (SSSR count). The molecule has 1 saturated carbocycles. The van der Waals surface area contributed by atoms with Gasteiger partial charge in [-0.25, -0.2) is 19.0 Å². The van der Waals surface area contributed by atoms with Crippen molar-refractivity contribution >= 4 is 11.6 Å². The molecule has 0 radical (unpaired) electrons. The van der Waals surface area contributed by atoms with E-state index in [4.69, 9.17) is 9.72 Å². The van der Waals surface area contributed by atoms with Crippen LogP contribution in [0.4, 0.5) is 10.1 Å². The Morgan fingerprint density at radius 1 is 1.00 bits per heavy atom. The highest BCUT2D eigenvalue weighted by atomic mass is 19.1. The number of carbonyl (C=O) groups is 1. The summed E-state index contributed by atoms with van der Waals surface area (Å²) in [5.74, 6) is 1.16. The molecule has 188 valence electrons. The fourth-order valence-electron chi connectivity index (χ4n) is 4.88. The molecular weight excluding hydrogens is 471 g/mol. The molecule has 9 heteroatoms. The first-order valence-corrected chi connectivity index (χ1v) is 12.5. The average Bonchev–Trinajstić information content (AvgIpc) is 3.70. The van der Waals surface area contributed by atoms with Crippen molar-refractivity contribution in [3.8, 4) is 23.0 Å². The molecule has 3 heterocycles. The lowest BCUT2D eigenvalue weighted by Crippen LogP contribution is -2.49. The predicted molar refractivity (Wildman–Crippen MR) is 138 cm³/mol. The van der Waals surface area contributed by atoms with E-state index in [-0.39, 0.29) is 17.6 Å². The molecule has 8 nitrogen and oxygen atoms in total. The summed E-state index contributed by atoms with van der Waals surface area (Å²) in [7, 11) is 1.64. The maximum Gasteiger partial charge on any atom is 0.257 e. The van der Waals surface area contributed by atoms with Gasteiger partial charge in [-0.2, -0.15) is 5.10 Å². The van der Waals surface area contributed by atoms with Gasteiger partial charge in [0.1, 0.15) is 11.6 Å². The van der Waals surface area contributed by atoms with Crippen LogP contribution >= 0.6 is 0 Å². The molecule has 1 aliphatic heterocycles. The number of ether oxygens (including phenoxy) is 1. The third-order valence-corrected chi connectivity index (χ3v) is 6.97. The van der Waals surface area contributed by atoms with Crippen molar-refractivity contribution in [2.45, 2.75) is 18.8 Å². The number of halogens is 1. The number of aromatic nitrogens is 4. The van der Waals surface area contributed by atoms with E-state index in [0.29, 0.717) is 37.7 Å². The zero-order valence-electron chi connectivity index (χ0n) is 20.5. The number of methoxy groups -OCH3 is 1. The number of amides is 1. The lowest BCUT2D eigenvalue weighted by atomic mass is 10.1. The Hall–Kier alpha value is -4.27. The lowest BCUT2D eigenvalue weighted by molar-refractivity contribution is 0.0745. The zero-order chi connectivity index (χ0) is 25.4. The van der Waals surface area contributed by atoms with E-state index < -0.39 is 0 Å². The van der Waals surface area contributed by atoms with Crippen molar-refractivity contribution in [1.82, 2.24) is 24.6 Å². The minimum absolute atomic E-state index is 0.0206. The Morgan fingerprint density at radius 2 is 1.76 bits per heavy atom. The molecule has 37 heavy (non-hydrogen) atoms. The van der Waals surface area contributed by atoms with Crippen molar-refractivity contribution < 1.29 is 13.9 Å². The molecule has 4 aromatic rings. The van der Waals surface area contributed by atoms with Crippen LogP contribution in [0, 0.1) is 5.82 Å². The first-order chi connectivity index (χ1) is 18.1. The Balaban J connectivity index is 1.25. The summed E-state index contributed by atoms with van der Waals surface area (Å²) >= 11 is 0. The highest BCUT2D eigenvalue weighted by molar-refractivity contribution is 5.95. The summed E-state index contributed by atoms with van der Waals surface area (Å²) in [6.07, 6.45) is 5.38. The van der Waals surface area contributed by atoms with E-state index in [1.807, 2.05) is 35.2 Å². The van der Waals surface area contributed by atoms with Crippen LogP contribution in [0.15, 0.2) is 67.0 Å². The fraction of sp³-hybridized carbons (Fsp3) is 0.286. The van der Waals surface area contributed by atoms with Crippen LogP contribution in [0.2, 0.25) is 0 Å². The average molecular weight is 499 g/mol. The minimum atomic E-state index is -0.250. The Kier molecular flexibility index (Phi) is 6.04. The van der Waals surface area contributed by atoms with Crippen LogP contribution in [-0.4, -0.2) is 63.8 Å². The van der Waals surface area contributed by atoms with Gasteiger partial charge in [0.15, 0.2) is 0 Å². The number of para-hydroxylation sites is 1. The van der Waals surface area contributed by atoms with Gasteiger partial charge in [0.05, 0.1) is 30.3 Å². The number of rotatable bonds is 6. The Labute approximate surface area is 214 Å². The van der Waals surface area contributed by atoms with Gasteiger partial charge in [0.25, 0.3) is 11.9 Å². The standard InChI is InChI=1S/C28H27FN6O2/c1-37-25-5-3-2-4-22(25)24-12-13-30-28(32-24)35-26(19-6-7-19)23(18-31-35)27(36)34-16-14-33(15-17-34)21-10-8-20(29)9-11-21/h2-5,8-13,18-19H,6-7,14-17H2,1H3. The van der Waals surface area contributed by atoms with E-state index in [9.17, 15) is 9.18 Å². The van der Waals surface area contributed by atoms with E-state index in [0.717, 1.165) is 41.2 Å². The van der Waals surface area contributed by atoms with Gasteiger partial charge in [-0.3, -0.25) is 4.79 Å². The van der Waals surface area contributed by atoms with Crippen molar-refractivity contribution in [2.75, 3.05) is 38.2 Å². The van der Waals surface area contributed by atoms with Crippen molar-refractivity contribution in [1.29, 1.82) is 0 Å². The monoisotopic (exact) mass is 498 g/mol. The molecule has 2 aromatic carbocycles. The van der Waals surface area contributed by atoms with Gasteiger partial charge < -0.3 is 14.5 Å². The molecule has 2 aromatic heterocycles. The topological polar surface area (TPSA) is 76.4 Å². The van der Waals surface area contributed by atoms with E-state index in [1.54, 1.807) is 36.3 Å². The van der Waals surface area contributed by atoms with E-state index in [2.05, 4.69) is 15.0 Å². The lowest BCUT2D eigenvalue weighted by Gasteiger charge is -2.36. The molecule has 1 aliphatic carbocycles. The molecular formula is C28H27FN6O2. The zero-order valence-corrected chi connectivity index (χ0v) is 20.5. The molecule has 0 spiro atoms. The third-order valence-electron chi connectivity index (χ3n) is 6.97. The Morgan fingerprint density at radius 3 is 2.49 bits per heavy atom. The molecule has 2 fully saturated rings. The van der Waals surface area contributed by atoms with Crippen LogP contribution in [0.5, 0.6) is 5.75 Å². The molecule has 1 saturated heterocycles. The van der Waals surface area contributed by atoms with Crippen molar-refractivity contribution in [2.24, 2.45) is 0 Å². The van der Waals surface area contributed by atoms with Gasteiger partial charge in [0, 0.05) is 49.5 Å². The van der Waals surface area contributed by atoms with Crippen LogP contribution in [0.25, 0.3) is 17.2 Å². The second kappa shape index (κ2) is 9.65. The number of anilines is 1. The third kappa shape index (κ3) is 4.52. The van der Waals surface area contributed by atoms with Gasteiger partial charge >= 0.3 is 0 Å². The first kappa shape index (κ1) is 23.1. The summed E-state index contributed by atoms with van der Waals surface area (Å²) in [4.78, 5) is 26.9. The van der Waals surface area contributed by atoms with Crippen LogP contribution in [0.1, 0.15) is 34.8 Å². The molecule has 0 unspecified atom stereocenters.